The molecule has 2 fully saturated rings. The zero-order chi connectivity index (χ0) is 18.6. The van der Waals surface area contributed by atoms with Gasteiger partial charge < -0.3 is 10.2 Å². The third-order valence-electron chi connectivity index (χ3n) is 5.43. The van der Waals surface area contributed by atoms with Gasteiger partial charge in [0.2, 0.25) is 5.91 Å². The molecule has 1 amide bonds. The molecule has 142 valence electrons. The third-order valence-corrected chi connectivity index (χ3v) is 5.43. The topological polar surface area (TPSA) is 48.5 Å². The van der Waals surface area contributed by atoms with E-state index in [1.54, 1.807) is 6.20 Å². The van der Waals surface area contributed by atoms with Gasteiger partial charge in [-0.3, -0.25) is 14.7 Å². The minimum Gasteiger partial charge on any atom is -0.369 e. The molecule has 1 N–H and O–H groups in total. The van der Waals surface area contributed by atoms with Crippen LogP contribution in [-0.4, -0.2) is 48.5 Å². The summed E-state index contributed by atoms with van der Waals surface area (Å²) in [4.78, 5) is 21.0. The maximum absolute atomic E-state index is 13.2. The normalized spacial score (nSPS) is 18.9. The zero-order valence-electron chi connectivity index (χ0n) is 15.4. The van der Waals surface area contributed by atoms with Crippen LogP contribution in [0.3, 0.4) is 0 Å². The molecule has 4 rings (SSSR count). The SMILES string of the molecule is O=C(NC[C@H](c1cccnc1)N1CCN(c2ccc(F)cc2)CC1)C1CC1. The number of benzene rings is 1. The number of aromatic nitrogens is 1. The Balaban J connectivity index is 1.41. The number of nitrogens with one attached hydrogen (secondary N) is 1. The van der Waals surface area contributed by atoms with E-state index in [1.165, 1.54) is 12.1 Å². The molecule has 1 aliphatic heterocycles. The highest BCUT2D eigenvalue weighted by Crippen LogP contribution is 2.29. The van der Waals surface area contributed by atoms with Crippen molar-refractivity contribution in [1.29, 1.82) is 0 Å². The molecule has 2 aliphatic rings. The lowest BCUT2D eigenvalue weighted by Crippen LogP contribution is -2.50. The molecule has 1 aromatic carbocycles. The van der Waals surface area contributed by atoms with E-state index in [-0.39, 0.29) is 23.7 Å². The highest BCUT2D eigenvalue weighted by Gasteiger charge is 2.31. The Labute approximate surface area is 159 Å². The van der Waals surface area contributed by atoms with Crippen LogP contribution in [0.1, 0.15) is 24.4 Å². The molecule has 0 bridgehead atoms. The molecule has 6 heteroatoms. The molecular formula is C21H25FN4O. The number of carbonyl (C=O) groups is 1. The van der Waals surface area contributed by atoms with Crippen molar-refractivity contribution >= 4 is 11.6 Å². The van der Waals surface area contributed by atoms with Crippen molar-refractivity contribution in [2.24, 2.45) is 5.92 Å². The second kappa shape index (κ2) is 8.05. The van der Waals surface area contributed by atoms with Gasteiger partial charge in [-0.25, -0.2) is 4.39 Å². The number of piperazine rings is 1. The van der Waals surface area contributed by atoms with Crippen molar-refractivity contribution in [3.63, 3.8) is 0 Å². The first kappa shape index (κ1) is 17.9. The summed E-state index contributed by atoms with van der Waals surface area (Å²) in [5, 5.41) is 3.13. The van der Waals surface area contributed by atoms with Crippen LogP contribution in [0.4, 0.5) is 10.1 Å². The number of hydrogen-bond acceptors (Lipinski definition) is 4. The molecule has 2 aromatic rings. The van der Waals surface area contributed by atoms with E-state index < -0.39 is 0 Å². The Morgan fingerprint density at radius 1 is 1.15 bits per heavy atom. The molecule has 5 nitrogen and oxygen atoms in total. The first-order chi connectivity index (χ1) is 13.2. The number of anilines is 1. The Hall–Kier alpha value is -2.47. The Morgan fingerprint density at radius 3 is 2.52 bits per heavy atom. The summed E-state index contributed by atoms with van der Waals surface area (Å²) in [6, 6.07) is 10.8. The van der Waals surface area contributed by atoms with Gasteiger partial charge in [0, 0.05) is 56.7 Å². The highest BCUT2D eigenvalue weighted by atomic mass is 19.1. The van der Waals surface area contributed by atoms with Crippen LogP contribution in [0.5, 0.6) is 0 Å². The molecule has 1 aliphatic carbocycles. The van der Waals surface area contributed by atoms with E-state index in [0.717, 1.165) is 50.3 Å². The predicted octanol–water partition coefficient (Wildman–Crippen LogP) is 2.61. The van der Waals surface area contributed by atoms with Gasteiger partial charge in [0.15, 0.2) is 0 Å². The lowest BCUT2D eigenvalue weighted by Gasteiger charge is -2.40. The lowest BCUT2D eigenvalue weighted by atomic mass is 10.1. The largest absolute Gasteiger partial charge is 0.369 e. The first-order valence-electron chi connectivity index (χ1n) is 9.63. The van der Waals surface area contributed by atoms with Crippen molar-refractivity contribution in [3.8, 4) is 0 Å². The molecule has 0 spiro atoms. The minimum absolute atomic E-state index is 0.122. The predicted molar refractivity (Wildman–Crippen MR) is 103 cm³/mol. The van der Waals surface area contributed by atoms with E-state index >= 15 is 0 Å². The van der Waals surface area contributed by atoms with Crippen molar-refractivity contribution in [1.82, 2.24) is 15.2 Å². The quantitative estimate of drug-likeness (QED) is 0.852. The van der Waals surface area contributed by atoms with Gasteiger partial charge in [0.1, 0.15) is 5.82 Å². The van der Waals surface area contributed by atoms with Gasteiger partial charge in [-0.1, -0.05) is 6.07 Å². The Kier molecular flexibility index (Phi) is 5.34. The fraction of sp³-hybridized carbons (Fsp3) is 0.429. The number of nitrogens with zero attached hydrogens (tertiary/aromatic N) is 3. The van der Waals surface area contributed by atoms with E-state index in [2.05, 4.69) is 26.2 Å². The summed E-state index contributed by atoms with van der Waals surface area (Å²) >= 11 is 0. The van der Waals surface area contributed by atoms with Crippen LogP contribution < -0.4 is 10.2 Å². The van der Waals surface area contributed by atoms with E-state index in [9.17, 15) is 9.18 Å². The van der Waals surface area contributed by atoms with Crippen molar-refractivity contribution in [2.75, 3.05) is 37.6 Å². The van der Waals surface area contributed by atoms with Crippen molar-refractivity contribution in [2.45, 2.75) is 18.9 Å². The molecule has 2 heterocycles. The van der Waals surface area contributed by atoms with Crippen molar-refractivity contribution in [3.05, 3.63) is 60.2 Å². The molecule has 1 saturated heterocycles. The second-order valence-corrected chi connectivity index (χ2v) is 7.32. The fourth-order valence-corrected chi connectivity index (χ4v) is 3.66. The molecule has 1 atom stereocenters. The number of carbonyl (C=O) groups excluding carboxylic acids is 1. The van der Waals surface area contributed by atoms with Crippen molar-refractivity contribution < 1.29 is 9.18 Å². The standard InChI is InChI=1S/C21H25FN4O/c22-18-5-7-19(8-6-18)25-10-12-26(13-11-25)20(17-2-1-9-23-14-17)15-24-21(27)16-3-4-16/h1-2,5-9,14,16,20H,3-4,10-13,15H2,(H,24,27)/t20-/m1/s1. The monoisotopic (exact) mass is 368 g/mol. The summed E-state index contributed by atoms with van der Waals surface area (Å²) in [6.07, 6.45) is 5.69. The lowest BCUT2D eigenvalue weighted by molar-refractivity contribution is -0.122. The first-order valence-corrected chi connectivity index (χ1v) is 9.63. The van der Waals surface area contributed by atoms with Crippen LogP contribution in [-0.2, 0) is 4.79 Å². The Bertz CT molecular complexity index is 756. The van der Waals surface area contributed by atoms with E-state index in [4.69, 9.17) is 0 Å². The van der Waals surface area contributed by atoms with Gasteiger partial charge >= 0.3 is 0 Å². The Morgan fingerprint density at radius 2 is 1.89 bits per heavy atom. The fourth-order valence-electron chi connectivity index (χ4n) is 3.66. The number of rotatable bonds is 6. The number of pyridine rings is 1. The van der Waals surface area contributed by atoms with Gasteiger partial charge in [0.05, 0.1) is 6.04 Å². The molecule has 0 unspecified atom stereocenters. The minimum atomic E-state index is -0.208. The highest BCUT2D eigenvalue weighted by molar-refractivity contribution is 5.80. The number of hydrogen-bond donors (Lipinski definition) is 1. The average molecular weight is 368 g/mol. The van der Waals surface area contributed by atoms with Crippen LogP contribution >= 0.6 is 0 Å². The number of amides is 1. The molecule has 1 saturated carbocycles. The third kappa shape index (κ3) is 4.45. The summed E-state index contributed by atoms with van der Waals surface area (Å²) in [6.45, 7) is 4.13. The molecule has 0 radical (unpaired) electrons. The maximum atomic E-state index is 13.2. The van der Waals surface area contributed by atoms with E-state index in [1.807, 2.05) is 24.4 Å². The summed E-state index contributed by atoms with van der Waals surface area (Å²) in [7, 11) is 0. The van der Waals surface area contributed by atoms with Crippen LogP contribution in [0, 0.1) is 11.7 Å². The second-order valence-electron chi connectivity index (χ2n) is 7.32. The van der Waals surface area contributed by atoms with Gasteiger partial charge in [-0.2, -0.15) is 0 Å². The van der Waals surface area contributed by atoms with E-state index in [0.29, 0.717) is 6.54 Å². The molecule has 27 heavy (non-hydrogen) atoms. The van der Waals surface area contributed by atoms with Crippen LogP contribution in [0.25, 0.3) is 0 Å². The summed E-state index contributed by atoms with van der Waals surface area (Å²) in [5.41, 5.74) is 2.18. The molecular weight excluding hydrogens is 343 g/mol. The zero-order valence-corrected chi connectivity index (χ0v) is 15.4. The van der Waals surface area contributed by atoms with Gasteiger partial charge in [0.25, 0.3) is 0 Å². The molecule has 1 aromatic heterocycles. The maximum Gasteiger partial charge on any atom is 0.223 e. The summed E-state index contributed by atoms with van der Waals surface area (Å²) in [5.74, 6) is 0.184. The summed E-state index contributed by atoms with van der Waals surface area (Å²) < 4.78 is 13.2. The average Bonchev–Trinajstić information content (AvgIpc) is 3.55. The number of halogens is 1. The van der Waals surface area contributed by atoms with Crippen LogP contribution in [0.15, 0.2) is 48.8 Å². The van der Waals surface area contributed by atoms with Gasteiger partial charge in [-0.05, 0) is 48.7 Å². The smallest absolute Gasteiger partial charge is 0.223 e. The van der Waals surface area contributed by atoms with Crippen LogP contribution in [0.2, 0.25) is 0 Å². The van der Waals surface area contributed by atoms with Gasteiger partial charge in [-0.15, -0.1) is 0 Å².